The van der Waals surface area contributed by atoms with Gasteiger partial charge in [-0.15, -0.1) is 0 Å². The number of amidine groups is 1. The monoisotopic (exact) mass is 1240 g/mol. The third-order valence-electron chi connectivity index (χ3n) is 9.70. The topological polar surface area (TPSA) is 251 Å². The van der Waals surface area contributed by atoms with Gasteiger partial charge in [0.25, 0.3) is 5.91 Å². The van der Waals surface area contributed by atoms with Crippen molar-refractivity contribution in [2.24, 2.45) is 26.4 Å². The number of benzene rings is 3. The first-order chi connectivity index (χ1) is 37.5. The number of oxime groups is 4. The maximum Gasteiger partial charge on any atom is 0.341 e. The number of nitrogens with two attached hydrogens (primary N) is 1. The number of amides is 1. The van der Waals surface area contributed by atoms with E-state index >= 15 is 0 Å². The summed E-state index contributed by atoms with van der Waals surface area (Å²) in [5, 5.41) is 19.8. The second-order valence-electron chi connectivity index (χ2n) is 14.7. The molecule has 0 aliphatic heterocycles. The van der Waals surface area contributed by atoms with E-state index in [0.29, 0.717) is 58.4 Å². The molecule has 0 atom stereocenters. The molecule has 29 heteroatoms. The van der Waals surface area contributed by atoms with E-state index in [0.717, 1.165) is 45.7 Å². The normalized spacial score (nSPS) is 12.0. The number of carbonyl (C=O) groups is 3. The summed E-state index contributed by atoms with van der Waals surface area (Å²) >= 11 is 38.9. The zero-order chi connectivity index (χ0) is 57.3. The summed E-state index contributed by atoms with van der Waals surface area (Å²) in [5.41, 5.74) is 11.6. The van der Waals surface area contributed by atoms with Gasteiger partial charge in [0.1, 0.15) is 48.0 Å². The van der Waals surface area contributed by atoms with Crippen LogP contribution in [0.1, 0.15) is 61.9 Å². The molecule has 0 fully saturated rings. The average molecular weight is 1250 g/mol. The average Bonchev–Trinajstić information content (AvgIpc) is 4.11. The van der Waals surface area contributed by atoms with Crippen molar-refractivity contribution in [3.05, 3.63) is 164 Å². The van der Waals surface area contributed by atoms with Crippen LogP contribution in [-0.4, -0.2) is 96.5 Å². The van der Waals surface area contributed by atoms with Crippen LogP contribution in [0.3, 0.4) is 0 Å². The minimum Gasteiger partial charge on any atom is -0.503 e. The summed E-state index contributed by atoms with van der Waals surface area (Å²) in [5.74, 6) is -1.36. The summed E-state index contributed by atoms with van der Waals surface area (Å²) in [6, 6.07) is 21.5. The van der Waals surface area contributed by atoms with Crippen LogP contribution >= 0.6 is 104 Å². The third-order valence-corrected chi connectivity index (χ3v) is 15.3. The molecule has 0 aliphatic rings. The largest absolute Gasteiger partial charge is 0.503 e. The van der Waals surface area contributed by atoms with Gasteiger partial charge in [0.15, 0.2) is 27.0 Å². The Bertz CT molecular complexity index is 2890. The quantitative estimate of drug-likeness (QED) is 0.0170. The first-order valence-electron chi connectivity index (χ1n) is 21.9. The second kappa shape index (κ2) is 33.0. The summed E-state index contributed by atoms with van der Waals surface area (Å²) in [6.07, 6.45) is 2.64. The zero-order valence-corrected chi connectivity index (χ0v) is 49.4. The Balaban J connectivity index is 0.000000252. The highest BCUT2D eigenvalue weighted by Gasteiger charge is 2.21. The Morgan fingerprint density at radius 3 is 1.26 bits per heavy atom. The van der Waals surface area contributed by atoms with Crippen LogP contribution in [0.25, 0.3) is 11.1 Å². The maximum absolute atomic E-state index is 12.0. The zero-order valence-electron chi connectivity index (χ0n) is 42.4. The van der Waals surface area contributed by atoms with E-state index in [4.69, 9.17) is 114 Å². The lowest BCUT2D eigenvalue weighted by atomic mass is 10.0. The molecule has 0 spiro atoms. The molecule has 20 nitrogen and oxygen atoms in total. The SMILES string of the molecule is CNC(=O)/C(=N/OC)c1ccccc1CO/N=C(\C)c1snc(Cl)c1Cl.CO/C=C(/C(=O)OC)c1ccccc1CO/N=C(\C)c1snc(Cl)c1Cl.CO/C=C(/C(=O)OC)c1ccccc1CO/N=C(\N)c1snc(Cl)c1Cl. The number of hydrogen-bond donors (Lipinski definition) is 2. The number of nitrogens with one attached hydrogen (secondary N) is 1. The van der Waals surface area contributed by atoms with Gasteiger partial charge >= 0.3 is 11.9 Å². The van der Waals surface area contributed by atoms with E-state index in [9.17, 15) is 14.4 Å². The molecule has 6 rings (SSSR count). The van der Waals surface area contributed by atoms with E-state index in [1.165, 1.54) is 55.1 Å². The molecule has 0 saturated carbocycles. The van der Waals surface area contributed by atoms with Gasteiger partial charge in [-0.25, -0.2) is 9.59 Å². The van der Waals surface area contributed by atoms with Crippen LogP contribution in [0.4, 0.5) is 0 Å². The molecule has 1 amide bonds. The van der Waals surface area contributed by atoms with Crippen molar-refractivity contribution in [2.45, 2.75) is 33.7 Å². The standard InChI is InChI=1S/C17H16Cl2N2O4S.C16H16Cl2N4O3S.C16H15Cl2N3O4S/c1-10(15-14(18)16(19)21-26-15)20-25-8-11-6-4-5-7-12(11)13(9-23-2)17(22)24-3;1-9(14-12(17)15(18)22-26-14)20-25-8-10-6-4-5-7-11(10)13(21-24-3)16(23)19-2;1-23-8-11(16(22)24-2)10-6-4-3-5-9(10)7-25-20-15(19)13-12(17)14(18)21-26-13/h4-7,9H,8H2,1-3H3;4-7H,8H2,1-3H3,(H,19,23);3-6,8H,7H2,1-2H3,(H2,19,20)/b13-9+,20-10+;20-9+,21-13+;11-8+. The number of hydrogen-bond acceptors (Lipinski definition) is 21. The molecule has 3 N–H and O–H groups in total. The van der Waals surface area contributed by atoms with Crippen LogP contribution in [0.5, 0.6) is 0 Å². The predicted molar refractivity (Wildman–Crippen MR) is 307 cm³/mol. The van der Waals surface area contributed by atoms with Crippen LogP contribution in [-0.2, 0) is 72.5 Å². The number of nitrogens with zero attached hydrogens (tertiary/aromatic N) is 7. The van der Waals surface area contributed by atoms with E-state index in [-0.39, 0.29) is 68.9 Å². The van der Waals surface area contributed by atoms with Crippen molar-refractivity contribution in [1.29, 1.82) is 0 Å². The number of aromatic nitrogens is 3. The van der Waals surface area contributed by atoms with Crippen LogP contribution in [0, 0.1) is 0 Å². The highest BCUT2D eigenvalue weighted by molar-refractivity contribution is 7.10. The van der Waals surface area contributed by atoms with Crippen molar-refractivity contribution >= 4 is 156 Å². The fourth-order valence-corrected chi connectivity index (χ4v) is 9.61. The minimum absolute atomic E-state index is 0.0532. The van der Waals surface area contributed by atoms with Gasteiger partial charge in [0.2, 0.25) is 0 Å². The van der Waals surface area contributed by atoms with Crippen molar-refractivity contribution < 1.29 is 52.7 Å². The maximum atomic E-state index is 12.0. The third kappa shape index (κ3) is 18.0. The molecular weight excluding hydrogens is 1200 g/mol. The fourth-order valence-electron chi connectivity index (χ4n) is 6.10. The van der Waals surface area contributed by atoms with Gasteiger partial charge in [0.05, 0.1) is 72.2 Å². The Morgan fingerprint density at radius 2 is 0.910 bits per heavy atom. The molecule has 0 saturated heterocycles. The van der Waals surface area contributed by atoms with Gasteiger partial charge in [-0.3, -0.25) is 4.79 Å². The van der Waals surface area contributed by atoms with Gasteiger partial charge in [-0.05, 0) is 59.6 Å². The van der Waals surface area contributed by atoms with Gasteiger partial charge in [-0.2, -0.15) is 13.1 Å². The highest BCUT2D eigenvalue weighted by atomic mass is 35.5. The van der Waals surface area contributed by atoms with Crippen molar-refractivity contribution in [3.63, 3.8) is 0 Å². The van der Waals surface area contributed by atoms with Crippen LogP contribution in [0.2, 0.25) is 30.5 Å². The Labute approximate surface area is 490 Å². The molecule has 414 valence electrons. The van der Waals surface area contributed by atoms with E-state index in [2.05, 4.69) is 39.1 Å². The summed E-state index contributed by atoms with van der Waals surface area (Å²) < 4.78 is 31.3. The number of methoxy groups -OCH3 is 4. The number of rotatable bonds is 21. The summed E-state index contributed by atoms with van der Waals surface area (Å²) in [7, 11) is 8.39. The Morgan fingerprint density at radius 1 is 0.551 bits per heavy atom. The molecule has 78 heavy (non-hydrogen) atoms. The smallest absolute Gasteiger partial charge is 0.341 e. The number of carbonyl (C=O) groups excluding carboxylic acids is 3. The Hall–Kier alpha value is -6.54. The van der Waals surface area contributed by atoms with Gasteiger partial charge < -0.3 is 49.3 Å². The number of likely N-dealkylation sites (N-methyl/N-ethyl adjacent to an activating group) is 1. The van der Waals surface area contributed by atoms with Crippen molar-refractivity contribution in [3.8, 4) is 0 Å². The molecule has 6 aromatic rings. The Kier molecular flexibility index (Phi) is 27.1. The first-order valence-corrected chi connectivity index (χ1v) is 26.5. The minimum atomic E-state index is -0.534. The van der Waals surface area contributed by atoms with E-state index < -0.39 is 11.9 Å². The lowest BCUT2D eigenvalue weighted by molar-refractivity contribution is -0.134. The molecule has 3 heterocycles. The molecule has 3 aromatic carbocycles. The molecule has 0 radical (unpaired) electrons. The van der Waals surface area contributed by atoms with Crippen LogP contribution < -0.4 is 11.1 Å². The van der Waals surface area contributed by atoms with E-state index in [1.807, 2.05) is 24.3 Å². The first kappa shape index (κ1) is 64.0. The van der Waals surface area contributed by atoms with Crippen molar-refractivity contribution in [2.75, 3.05) is 42.6 Å². The lowest BCUT2D eigenvalue weighted by Crippen LogP contribution is -2.29. The lowest BCUT2D eigenvalue weighted by Gasteiger charge is -2.11. The molecule has 0 aliphatic carbocycles. The van der Waals surface area contributed by atoms with E-state index in [1.54, 1.807) is 62.4 Å². The second-order valence-corrected chi connectivity index (χ2v) is 19.2. The molecule has 0 bridgehead atoms. The number of ether oxygens (including phenoxy) is 4. The van der Waals surface area contributed by atoms with Crippen molar-refractivity contribution in [1.82, 2.24) is 18.4 Å². The molecular formula is C49H47Cl6N9O11S3. The van der Waals surface area contributed by atoms with Gasteiger partial charge in [-0.1, -0.05) is 163 Å². The number of halogens is 6. The number of esters is 2. The van der Waals surface area contributed by atoms with Gasteiger partial charge in [0, 0.05) is 29.3 Å². The predicted octanol–water partition coefficient (Wildman–Crippen LogP) is 11.5. The molecule has 3 aromatic heterocycles. The highest BCUT2D eigenvalue weighted by Crippen LogP contribution is 2.32. The van der Waals surface area contributed by atoms with Crippen LogP contribution in [0.15, 0.2) is 106 Å². The fraction of sp³-hybridized carbons (Fsp3) is 0.224. The summed E-state index contributed by atoms with van der Waals surface area (Å²) in [4.78, 5) is 58.6. The summed E-state index contributed by atoms with van der Waals surface area (Å²) in [6.45, 7) is 3.79. The molecule has 0 unspecified atom stereocenters.